The number of rotatable bonds is 8. The Morgan fingerprint density at radius 2 is 1.70 bits per heavy atom. The van der Waals surface area contributed by atoms with Crippen LogP contribution in [-0.2, 0) is 14.3 Å². The second-order valence-corrected chi connectivity index (χ2v) is 5.33. The second-order valence-electron chi connectivity index (χ2n) is 4.41. The summed E-state index contributed by atoms with van der Waals surface area (Å²) in [4.78, 5) is 33.9. The van der Waals surface area contributed by atoms with Gasteiger partial charge in [-0.3, -0.25) is 14.4 Å². The van der Waals surface area contributed by atoms with E-state index < -0.39 is 0 Å². The number of carbonyl (C=O) groups excluding carboxylic acids is 3. The van der Waals surface area contributed by atoms with Crippen LogP contribution in [0.4, 0.5) is 0 Å². The van der Waals surface area contributed by atoms with Gasteiger partial charge in [-0.2, -0.15) is 0 Å². The second kappa shape index (κ2) is 8.64. The van der Waals surface area contributed by atoms with Gasteiger partial charge in [-0.1, -0.05) is 28.1 Å². The van der Waals surface area contributed by atoms with E-state index in [9.17, 15) is 14.4 Å². The van der Waals surface area contributed by atoms with Gasteiger partial charge in [0.25, 0.3) is 0 Å². The molecular weight excluding hydrogens is 324 g/mol. The molecule has 0 N–H and O–H groups in total. The Morgan fingerprint density at radius 3 is 2.30 bits per heavy atom. The summed E-state index contributed by atoms with van der Waals surface area (Å²) >= 11 is 3.30. The summed E-state index contributed by atoms with van der Waals surface area (Å²) in [6, 6.07) is 7.07. The molecule has 0 aliphatic rings. The van der Waals surface area contributed by atoms with Gasteiger partial charge in [0, 0.05) is 36.2 Å². The molecule has 0 aromatic heterocycles. The van der Waals surface area contributed by atoms with Gasteiger partial charge in [0.15, 0.2) is 5.78 Å². The fraction of sp³-hybridized carbons (Fsp3) is 0.400. The molecule has 0 unspecified atom stereocenters. The lowest BCUT2D eigenvalue weighted by Crippen LogP contribution is -2.07. The first-order valence-electron chi connectivity index (χ1n) is 6.43. The van der Waals surface area contributed by atoms with Gasteiger partial charge in [-0.05, 0) is 18.6 Å². The number of ketones is 2. The molecule has 0 saturated carbocycles. The molecule has 1 aromatic rings. The lowest BCUT2D eigenvalue weighted by molar-refractivity contribution is -0.141. The van der Waals surface area contributed by atoms with Crippen LogP contribution in [0.2, 0.25) is 0 Å². The van der Waals surface area contributed by atoms with E-state index in [2.05, 4.69) is 15.9 Å². The number of hydrogen-bond donors (Lipinski definition) is 0. The van der Waals surface area contributed by atoms with Gasteiger partial charge >= 0.3 is 5.97 Å². The molecule has 0 heterocycles. The van der Waals surface area contributed by atoms with Crippen molar-refractivity contribution in [2.45, 2.75) is 32.6 Å². The van der Waals surface area contributed by atoms with Gasteiger partial charge in [0.1, 0.15) is 5.78 Å². The molecule has 0 aliphatic heterocycles. The maximum atomic E-state index is 11.8. The molecule has 0 spiro atoms. The van der Waals surface area contributed by atoms with E-state index in [-0.39, 0.29) is 37.0 Å². The van der Waals surface area contributed by atoms with Crippen LogP contribution >= 0.6 is 15.9 Å². The van der Waals surface area contributed by atoms with E-state index in [0.717, 1.165) is 4.47 Å². The number of halogens is 1. The third-order valence-electron chi connectivity index (χ3n) is 2.70. The van der Waals surface area contributed by atoms with Crippen molar-refractivity contribution in [3.05, 3.63) is 34.3 Å². The summed E-state index contributed by atoms with van der Waals surface area (Å²) in [6.45, 7) is 1.58. The third kappa shape index (κ3) is 6.61. The van der Waals surface area contributed by atoms with E-state index in [1.165, 1.54) is 6.92 Å². The number of ether oxygens (including phenoxy) is 1. The summed E-state index contributed by atoms with van der Waals surface area (Å²) in [7, 11) is 0. The predicted molar refractivity (Wildman–Crippen MR) is 78.6 cm³/mol. The predicted octanol–water partition coefficient (Wildman–Crippen LogP) is 3.32. The fourth-order valence-corrected chi connectivity index (χ4v) is 1.91. The van der Waals surface area contributed by atoms with E-state index >= 15 is 0 Å². The zero-order valence-electron chi connectivity index (χ0n) is 11.4. The van der Waals surface area contributed by atoms with Crippen LogP contribution in [0, 0.1) is 0 Å². The van der Waals surface area contributed by atoms with Crippen LogP contribution < -0.4 is 0 Å². The molecular formula is C15H17BrO4. The minimum absolute atomic E-state index is 0.0163. The molecule has 1 aromatic carbocycles. The van der Waals surface area contributed by atoms with Crippen LogP contribution in [0.3, 0.4) is 0 Å². The lowest BCUT2D eigenvalue weighted by atomic mass is 10.0. The first-order chi connectivity index (χ1) is 9.49. The molecule has 20 heavy (non-hydrogen) atoms. The van der Waals surface area contributed by atoms with E-state index in [1.807, 2.05) is 0 Å². The normalized spacial score (nSPS) is 10.1. The molecule has 0 aliphatic carbocycles. The summed E-state index contributed by atoms with van der Waals surface area (Å²) in [5, 5.41) is 0. The summed E-state index contributed by atoms with van der Waals surface area (Å²) in [6.07, 6.45) is 1.29. The van der Waals surface area contributed by atoms with Crippen LogP contribution in [0.1, 0.15) is 43.0 Å². The largest absolute Gasteiger partial charge is 0.466 e. The minimum atomic E-state index is -0.345. The topological polar surface area (TPSA) is 60.4 Å². The van der Waals surface area contributed by atoms with Gasteiger partial charge in [-0.15, -0.1) is 0 Å². The van der Waals surface area contributed by atoms with Crippen LogP contribution in [0.5, 0.6) is 0 Å². The Balaban J connectivity index is 2.25. The summed E-state index contributed by atoms with van der Waals surface area (Å²) in [5.41, 5.74) is 0.612. The van der Waals surface area contributed by atoms with Crippen molar-refractivity contribution < 1.29 is 19.1 Å². The van der Waals surface area contributed by atoms with Gasteiger partial charge in [-0.25, -0.2) is 0 Å². The molecule has 0 atom stereocenters. The van der Waals surface area contributed by atoms with Crippen molar-refractivity contribution in [2.75, 3.05) is 6.61 Å². The molecule has 0 fully saturated rings. The van der Waals surface area contributed by atoms with Crippen molar-refractivity contribution in [1.82, 2.24) is 0 Å². The van der Waals surface area contributed by atoms with Crippen molar-refractivity contribution in [1.29, 1.82) is 0 Å². The quantitative estimate of drug-likeness (QED) is 0.413. The number of Topliss-reactive ketones (excluding diaryl/α,β-unsaturated/α-hetero) is 2. The SMILES string of the molecule is CC(=O)OCCCC(=O)CCC(=O)c1ccc(Br)cc1. The Labute approximate surface area is 126 Å². The van der Waals surface area contributed by atoms with Crippen molar-refractivity contribution in [3.63, 3.8) is 0 Å². The third-order valence-corrected chi connectivity index (χ3v) is 3.23. The maximum absolute atomic E-state index is 11.8. The highest BCUT2D eigenvalue weighted by Gasteiger charge is 2.09. The highest BCUT2D eigenvalue weighted by Crippen LogP contribution is 2.13. The van der Waals surface area contributed by atoms with E-state index in [0.29, 0.717) is 18.4 Å². The first-order valence-corrected chi connectivity index (χ1v) is 7.22. The fourth-order valence-electron chi connectivity index (χ4n) is 1.64. The van der Waals surface area contributed by atoms with Crippen molar-refractivity contribution in [3.8, 4) is 0 Å². The van der Waals surface area contributed by atoms with Crippen LogP contribution in [0.25, 0.3) is 0 Å². The maximum Gasteiger partial charge on any atom is 0.302 e. The zero-order chi connectivity index (χ0) is 15.0. The molecule has 0 saturated heterocycles. The smallest absolute Gasteiger partial charge is 0.302 e. The Morgan fingerprint density at radius 1 is 1.05 bits per heavy atom. The molecule has 0 radical (unpaired) electrons. The van der Waals surface area contributed by atoms with Crippen molar-refractivity contribution >= 4 is 33.5 Å². The number of hydrogen-bond acceptors (Lipinski definition) is 4. The average Bonchev–Trinajstić information content (AvgIpc) is 2.41. The lowest BCUT2D eigenvalue weighted by Gasteiger charge is -2.03. The highest BCUT2D eigenvalue weighted by atomic mass is 79.9. The standard InChI is InChI=1S/C15H17BrO4/c1-11(17)20-10-2-3-14(18)8-9-15(19)12-4-6-13(16)7-5-12/h4-7H,2-3,8-10H2,1H3. The number of carbonyl (C=O) groups is 3. The van der Waals surface area contributed by atoms with Crippen LogP contribution in [0.15, 0.2) is 28.7 Å². The zero-order valence-corrected chi connectivity index (χ0v) is 12.9. The Hall–Kier alpha value is -1.49. The number of benzene rings is 1. The molecule has 4 nitrogen and oxygen atoms in total. The van der Waals surface area contributed by atoms with Crippen LogP contribution in [-0.4, -0.2) is 24.1 Å². The van der Waals surface area contributed by atoms with E-state index in [1.54, 1.807) is 24.3 Å². The Kier molecular flexibility index (Phi) is 7.15. The van der Waals surface area contributed by atoms with Gasteiger partial charge < -0.3 is 4.74 Å². The average molecular weight is 341 g/mol. The Bertz CT molecular complexity index is 479. The minimum Gasteiger partial charge on any atom is -0.466 e. The molecule has 0 bridgehead atoms. The molecule has 108 valence electrons. The van der Waals surface area contributed by atoms with Crippen molar-refractivity contribution in [2.24, 2.45) is 0 Å². The highest BCUT2D eigenvalue weighted by molar-refractivity contribution is 9.10. The number of esters is 1. The van der Waals surface area contributed by atoms with Gasteiger partial charge in [0.2, 0.25) is 0 Å². The molecule has 1 rings (SSSR count). The molecule has 0 amide bonds. The summed E-state index contributed by atoms with van der Waals surface area (Å²) < 4.78 is 5.65. The monoisotopic (exact) mass is 340 g/mol. The van der Waals surface area contributed by atoms with Gasteiger partial charge in [0.05, 0.1) is 6.61 Å². The molecule has 5 heteroatoms. The summed E-state index contributed by atoms with van der Waals surface area (Å²) in [5.74, 6) is -0.365. The van der Waals surface area contributed by atoms with E-state index in [4.69, 9.17) is 4.74 Å². The first kappa shape index (κ1) is 16.6.